The highest BCUT2D eigenvalue weighted by Gasteiger charge is 2.04. The lowest BCUT2D eigenvalue weighted by Crippen LogP contribution is -1.92. The van der Waals surface area contributed by atoms with Crippen molar-refractivity contribution >= 4 is 5.69 Å². The normalized spacial score (nSPS) is 10.3. The Labute approximate surface area is 89.8 Å². The quantitative estimate of drug-likeness (QED) is 0.714. The summed E-state index contributed by atoms with van der Waals surface area (Å²) in [6.07, 6.45) is 1.81. The van der Waals surface area contributed by atoms with E-state index in [1.54, 1.807) is 0 Å². The lowest BCUT2D eigenvalue weighted by molar-refractivity contribution is 1.15. The van der Waals surface area contributed by atoms with Crippen molar-refractivity contribution in [2.45, 2.75) is 13.8 Å². The molecule has 0 bridgehead atoms. The van der Waals surface area contributed by atoms with E-state index in [4.69, 9.17) is 5.73 Å². The van der Waals surface area contributed by atoms with Crippen LogP contribution in [-0.2, 0) is 0 Å². The molecule has 2 rings (SSSR count). The molecule has 0 saturated carbocycles. The second kappa shape index (κ2) is 3.73. The largest absolute Gasteiger partial charge is 0.398 e. The average Bonchev–Trinajstić information content (AvgIpc) is 2.22. The zero-order valence-corrected chi connectivity index (χ0v) is 8.91. The third-order valence-corrected chi connectivity index (χ3v) is 2.56. The number of rotatable bonds is 1. The van der Waals surface area contributed by atoms with Crippen LogP contribution in [0.3, 0.4) is 0 Å². The van der Waals surface area contributed by atoms with Crippen LogP contribution in [0.1, 0.15) is 11.3 Å². The second-order valence-electron chi connectivity index (χ2n) is 3.59. The lowest BCUT2D eigenvalue weighted by Gasteiger charge is -2.07. The maximum Gasteiger partial charge on any atom is 0.0407 e. The number of aromatic nitrogens is 1. The fraction of sp³-hybridized carbons (Fsp3) is 0.154. The van der Waals surface area contributed by atoms with Crippen LogP contribution in [0.2, 0.25) is 0 Å². The predicted molar refractivity (Wildman–Crippen MR) is 62.4 cm³/mol. The van der Waals surface area contributed by atoms with Crippen LogP contribution in [0.5, 0.6) is 0 Å². The van der Waals surface area contributed by atoms with Crippen LogP contribution in [0, 0.1) is 19.9 Å². The summed E-state index contributed by atoms with van der Waals surface area (Å²) in [5.41, 5.74) is 10.8. The Balaban J connectivity index is 2.59. The maximum atomic E-state index is 5.71. The fourth-order valence-electron chi connectivity index (χ4n) is 1.58. The molecule has 2 N–H and O–H groups in total. The van der Waals surface area contributed by atoms with Gasteiger partial charge in [0.05, 0.1) is 0 Å². The summed E-state index contributed by atoms with van der Waals surface area (Å²) in [5, 5.41) is 0. The standard InChI is InChI=1S/C13H13N2/c1-9-10(2)15-7-6-13(9)11-4-3-5-12(14)8-11/h3-7H,14H2,1-2H3. The van der Waals surface area contributed by atoms with Gasteiger partial charge in [0.2, 0.25) is 0 Å². The number of hydrogen-bond acceptors (Lipinski definition) is 2. The molecule has 0 fully saturated rings. The Hall–Kier alpha value is -1.83. The Morgan fingerprint density at radius 3 is 2.73 bits per heavy atom. The third kappa shape index (κ3) is 1.84. The monoisotopic (exact) mass is 197 g/mol. The third-order valence-electron chi connectivity index (χ3n) is 2.56. The summed E-state index contributed by atoms with van der Waals surface area (Å²) in [5.74, 6) is 0. The SMILES string of the molecule is Cc1nccc(-c2[c]c(N)ccc2)c1C. The molecule has 0 aliphatic carbocycles. The van der Waals surface area contributed by atoms with E-state index in [1.165, 1.54) is 5.56 Å². The van der Waals surface area contributed by atoms with Crippen LogP contribution in [0.4, 0.5) is 5.69 Å². The van der Waals surface area contributed by atoms with Gasteiger partial charge in [-0.2, -0.15) is 0 Å². The van der Waals surface area contributed by atoms with Crippen LogP contribution < -0.4 is 5.73 Å². The topological polar surface area (TPSA) is 38.9 Å². The number of aryl methyl sites for hydroxylation is 1. The Morgan fingerprint density at radius 2 is 2.00 bits per heavy atom. The molecule has 0 amide bonds. The molecule has 75 valence electrons. The minimum atomic E-state index is 0.668. The van der Waals surface area contributed by atoms with Gasteiger partial charge in [-0.1, -0.05) is 12.1 Å². The molecule has 0 saturated heterocycles. The zero-order chi connectivity index (χ0) is 10.8. The van der Waals surface area contributed by atoms with Gasteiger partial charge in [-0.25, -0.2) is 0 Å². The van der Waals surface area contributed by atoms with Gasteiger partial charge in [-0.3, -0.25) is 4.98 Å². The molecule has 1 aromatic heterocycles. The van der Waals surface area contributed by atoms with Gasteiger partial charge in [-0.15, -0.1) is 0 Å². The molecule has 1 aromatic carbocycles. The number of nitrogens with zero attached hydrogens (tertiary/aromatic N) is 1. The van der Waals surface area contributed by atoms with Crippen molar-refractivity contribution in [3.63, 3.8) is 0 Å². The molecule has 2 heteroatoms. The van der Waals surface area contributed by atoms with Gasteiger partial charge in [0.15, 0.2) is 0 Å². The van der Waals surface area contributed by atoms with Gasteiger partial charge in [-0.05, 0) is 42.7 Å². The minimum Gasteiger partial charge on any atom is -0.398 e. The molecule has 1 heterocycles. The van der Waals surface area contributed by atoms with Crippen molar-refractivity contribution < 1.29 is 0 Å². The Morgan fingerprint density at radius 1 is 1.20 bits per heavy atom. The van der Waals surface area contributed by atoms with Gasteiger partial charge < -0.3 is 5.73 Å². The molecule has 1 radical (unpaired) electrons. The molecule has 0 atom stereocenters. The summed E-state index contributed by atoms with van der Waals surface area (Å²) in [4.78, 5) is 4.24. The molecule has 0 aliphatic heterocycles. The highest BCUT2D eigenvalue weighted by Crippen LogP contribution is 2.24. The molecule has 2 aromatic rings. The first-order valence-electron chi connectivity index (χ1n) is 4.89. The van der Waals surface area contributed by atoms with E-state index in [1.807, 2.05) is 37.4 Å². The van der Waals surface area contributed by atoms with Crippen molar-refractivity contribution in [3.05, 3.63) is 47.8 Å². The van der Waals surface area contributed by atoms with E-state index in [-0.39, 0.29) is 0 Å². The van der Waals surface area contributed by atoms with Crippen LogP contribution in [0.15, 0.2) is 30.5 Å². The van der Waals surface area contributed by atoms with Gasteiger partial charge in [0.25, 0.3) is 0 Å². The summed E-state index contributed by atoms with van der Waals surface area (Å²) in [6.45, 7) is 4.07. The van der Waals surface area contributed by atoms with Gasteiger partial charge in [0.1, 0.15) is 0 Å². The van der Waals surface area contributed by atoms with Crippen LogP contribution >= 0.6 is 0 Å². The number of nitrogens with two attached hydrogens (primary N) is 1. The predicted octanol–water partition coefficient (Wildman–Crippen LogP) is 2.75. The van der Waals surface area contributed by atoms with Crippen LogP contribution in [0.25, 0.3) is 11.1 Å². The minimum absolute atomic E-state index is 0.668. The molecule has 15 heavy (non-hydrogen) atoms. The summed E-state index contributed by atoms with van der Waals surface area (Å²) < 4.78 is 0. The molecule has 2 nitrogen and oxygen atoms in total. The van der Waals surface area contributed by atoms with E-state index in [9.17, 15) is 0 Å². The Bertz CT molecular complexity index is 490. The summed E-state index contributed by atoms with van der Waals surface area (Å²) >= 11 is 0. The number of nitrogen functional groups attached to an aromatic ring is 1. The number of anilines is 1. The van der Waals surface area contributed by atoms with E-state index < -0.39 is 0 Å². The fourth-order valence-corrected chi connectivity index (χ4v) is 1.58. The number of benzene rings is 1. The highest BCUT2D eigenvalue weighted by atomic mass is 14.7. The van der Waals surface area contributed by atoms with Crippen LogP contribution in [-0.4, -0.2) is 4.98 Å². The molecule has 0 aliphatic rings. The van der Waals surface area contributed by atoms with E-state index in [0.717, 1.165) is 16.8 Å². The lowest BCUT2D eigenvalue weighted by atomic mass is 10.0. The van der Waals surface area contributed by atoms with Crippen molar-refractivity contribution in [2.75, 3.05) is 5.73 Å². The van der Waals surface area contributed by atoms with Crippen molar-refractivity contribution in [1.82, 2.24) is 4.98 Å². The molecule has 0 unspecified atom stereocenters. The number of pyridine rings is 1. The van der Waals surface area contributed by atoms with E-state index in [2.05, 4.69) is 18.0 Å². The smallest absolute Gasteiger partial charge is 0.0407 e. The van der Waals surface area contributed by atoms with E-state index in [0.29, 0.717) is 5.69 Å². The summed E-state index contributed by atoms with van der Waals surface area (Å²) in [6, 6.07) is 10.9. The first kappa shape index (κ1) is 9.71. The van der Waals surface area contributed by atoms with Crippen molar-refractivity contribution in [3.8, 4) is 11.1 Å². The highest BCUT2D eigenvalue weighted by molar-refractivity contribution is 5.69. The molecular weight excluding hydrogens is 184 g/mol. The first-order chi connectivity index (χ1) is 7.18. The first-order valence-corrected chi connectivity index (χ1v) is 4.89. The second-order valence-corrected chi connectivity index (χ2v) is 3.59. The molecule has 0 spiro atoms. The maximum absolute atomic E-state index is 5.71. The molecular formula is C13H13N2. The van der Waals surface area contributed by atoms with E-state index >= 15 is 0 Å². The number of hydrogen-bond donors (Lipinski definition) is 1. The van der Waals surface area contributed by atoms with Crippen molar-refractivity contribution in [2.24, 2.45) is 0 Å². The van der Waals surface area contributed by atoms with Gasteiger partial charge in [0, 0.05) is 23.6 Å². The summed E-state index contributed by atoms with van der Waals surface area (Å²) in [7, 11) is 0. The Kier molecular flexibility index (Phi) is 2.42. The average molecular weight is 197 g/mol. The zero-order valence-electron chi connectivity index (χ0n) is 8.91. The van der Waals surface area contributed by atoms with Gasteiger partial charge >= 0.3 is 0 Å². The van der Waals surface area contributed by atoms with Crippen molar-refractivity contribution in [1.29, 1.82) is 0 Å².